The van der Waals surface area contributed by atoms with E-state index in [1.807, 2.05) is 68.1 Å². The molecular formula is C34H37ClN4O3. The number of rotatable bonds is 7. The molecule has 8 heteroatoms. The van der Waals surface area contributed by atoms with Gasteiger partial charge >= 0.3 is 6.09 Å². The molecule has 1 fully saturated rings. The number of benzene rings is 3. The molecule has 7 nitrogen and oxygen atoms in total. The van der Waals surface area contributed by atoms with Crippen LogP contribution in [0, 0.1) is 0 Å². The molecule has 218 valence electrons. The second-order valence-electron chi connectivity index (χ2n) is 11.6. The highest BCUT2D eigenvalue weighted by atomic mass is 35.5. The summed E-state index contributed by atoms with van der Waals surface area (Å²) in [7, 11) is 1.66. The van der Waals surface area contributed by atoms with E-state index in [1.165, 1.54) is 11.1 Å². The predicted molar refractivity (Wildman–Crippen MR) is 167 cm³/mol. The fraction of sp³-hybridized carbons (Fsp3) is 0.324. The maximum absolute atomic E-state index is 12.8. The monoisotopic (exact) mass is 584 g/mol. The van der Waals surface area contributed by atoms with Crippen molar-refractivity contribution < 1.29 is 14.3 Å². The molecule has 4 aromatic rings. The van der Waals surface area contributed by atoms with E-state index in [1.54, 1.807) is 13.3 Å². The highest BCUT2D eigenvalue weighted by Gasteiger charge is 2.40. The highest BCUT2D eigenvalue weighted by Crippen LogP contribution is 2.43. The lowest BCUT2D eigenvalue weighted by Crippen LogP contribution is -2.47. The zero-order chi connectivity index (χ0) is 29.7. The first-order valence-corrected chi connectivity index (χ1v) is 14.6. The molecule has 0 bridgehead atoms. The molecular weight excluding hydrogens is 548 g/mol. The SMILES string of the molecule is COc1ccc(CNc2nccc(-c3ccc(C4(c5ccc(Cl)cc5)CCN(C(=O)OC(C)(C)C)CC4)cc3)n2)cc1. The second-order valence-corrected chi connectivity index (χ2v) is 12.0. The van der Waals surface area contributed by atoms with Gasteiger partial charge in [0, 0.05) is 41.8 Å². The van der Waals surface area contributed by atoms with Gasteiger partial charge in [0.25, 0.3) is 0 Å². The van der Waals surface area contributed by atoms with Gasteiger partial charge in [0.05, 0.1) is 12.8 Å². The molecule has 0 saturated carbocycles. The zero-order valence-corrected chi connectivity index (χ0v) is 25.3. The molecule has 0 radical (unpaired) electrons. The molecule has 42 heavy (non-hydrogen) atoms. The Morgan fingerprint density at radius 2 is 1.55 bits per heavy atom. The van der Waals surface area contributed by atoms with Crippen LogP contribution >= 0.6 is 11.6 Å². The molecule has 5 rings (SSSR count). The minimum atomic E-state index is -0.524. The minimum Gasteiger partial charge on any atom is -0.497 e. The van der Waals surface area contributed by atoms with E-state index in [9.17, 15) is 4.79 Å². The largest absolute Gasteiger partial charge is 0.497 e. The van der Waals surface area contributed by atoms with Gasteiger partial charge < -0.3 is 19.7 Å². The summed E-state index contributed by atoms with van der Waals surface area (Å²) in [4.78, 5) is 23.8. The molecule has 2 heterocycles. The molecule has 0 unspecified atom stereocenters. The van der Waals surface area contributed by atoms with Crippen LogP contribution in [0.5, 0.6) is 5.75 Å². The van der Waals surface area contributed by atoms with Crippen molar-refractivity contribution >= 4 is 23.6 Å². The fourth-order valence-electron chi connectivity index (χ4n) is 5.40. The summed E-state index contributed by atoms with van der Waals surface area (Å²) in [5.74, 6) is 1.39. The van der Waals surface area contributed by atoms with Gasteiger partial charge in [0.15, 0.2) is 0 Å². The van der Waals surface area contributed by atoms with Gasteiger partial charge in [-0.2, -0.15) is 0 Å². The van der Waals surface area contributed by atoms with Crippen LogP contribution in [0.4, 0.5) is 10.7 Å². The quantitative estimate of drug-likeness (QED) is 0.239. The number of nitrogens with zero attached hydrogens (tertiary/aromatic N) is 3. The van der Waals surface area contributed by atoms with Gasteiger partial charge in [-0.25, -0.2) is 14.8 Å². The Morgan fingerprint density at radius 1 is 0.929 bits per heavy atom. The van der Waals surface area contributed by atoms with Crippen molar-refractivity contribution in [2.45, 2.75) is 51.2 Å². The summed E-state index contributed by atoms with van der Waals surface area (Å²) in [6, 6.07) is 26.5. The summed E-state index contributed by atoms with van der Waals surface area (Å²) in [6.45, 7) is 7.50. The van der Waals surface area contributed by atoms with Crippen molar-refractivity contribution in [1.29, 1.82) is 0 Å². The second kappa shape index (κ2) is 12.4. The molecule has 1 N–H and O–H groups in total. The van der Waals surface area contributed by atoms with Crippen molar-refractivity contribution in [3.05, 3.63) is 107 Å². The van der Waals surface area contributed by atoms with E-state index in [-0.39, 0.29) is 11.5 Å². The van der Waals surface area contributed by atoms with Crippen molar-refractivity contribution in [3.8, 4) is 17.0 Å². The summed E-state index contributed by atoms with van der Waals surface area (Å²) in [5, 5.41) is 4.02. The first kappa shape index (κ1) is 29.4. The van der Waals surface area contributed by atoms with Crippen LogP contribution in [0.2, 0.25) is 5.02 Å². The average Bonchev–Trinajstić information content (AvgIpc) is 3.00. The van der Waals surface area contributed by atoms with Crippen molar-refractivity contribution in [1.82, 2.24) is 14.9 Å². The Hall–Kier alpha value is -4.10. The standard InChI is InChI=1S/C34H37ClN4O3/c1-33(2,3)42-32(40)39-21-18-34(19-22-39,27-11-13-28(35)14-12-27)26-9-7-25(8-10-26)30-17-20-36-31(38-30)37-23-24-5-15-29(41-4)16-6-24/h5-17,20H,18-19,21-23H2,1-4H3,(H,36,37,38). The van der Waals surface area contributed by atoms with Crippen LogP contribution in [0.1, 0.15) is 50.3 Å². The number of carbonyl (C=O) groups excluding carboxylic acids is 1. The Bertz CT molecular complexity index is 1490. The molecule has 1 saturated heterocycles. The molecule has 1 aromatic heterocycles. The predicted octanol–water partition coefficient (Wildman–Crippen LogP) is 7.73. The number of likely N-dealkylation sites (tertiary alicyclic amines) is 1. The third kappa shape index (κ3) is 6.85. The van der Waals surface area contributed by atoms with Gasteiger partial charge in [-0.1, -0.05) is 60.1 Å². The summed E-state index contributed by atoms with van der Waals surface area (Å²) in [5.41, 5.74) is 4.57. The van der Waals surface area contributed by atoms with Crippen molar-refractivity contribution in [2.24, 2.45) is 0 Å². The van der Waals surface area contributed by atoms with Crippen LogP contribution in [-0.4, -0.2) is 46.8 Å². The summed E-state index contributed by atoms with van der Waals surface area (Å²) < 4.78 is 10.9. The van der Waals surface area contributed by atoms with E-state index in [0.29, 0.717) is 30.6 Å². The number of methoxy groups -OCH3 is 1. The molecule has 0 aliphatic carbocycles. The Labute approximate surface area is 252 Å². The highest BCUT2D eigenvalue weighted by molar-refractivity contribution is 6.30. The molecule has 1 aliphatic heterocycles. The number of carbonyl (C=O) groups is 1. The number of aromatic nitrogens is 2. The maximum Gasteiger partial charge on any atom is 0.410 e. The number of nitrogens with one attached hydrogen (secondary N) is 1. The van der Waals surface area contributed by atoms with Crippen LogP contribution < -0.4 is 10.1 Å². The van der Waals surface area contributed by atoms with E-state index >= 15 is 0 Å². The Balaban J connectivity index is 1.35. The minimum absolute atomic E-state index is 0.252. The lowest BCUT2D eigenvalue weighted by atomic mass is 9.68. The zero-order valence-electron chi connectivity index (χ0n) is 24.6. The Kier molecular flexibility index (Phi) is 8.69. The van der Waals surface area contributed by atoms with E-state index in [4.69, 9.17) is 26.1 Å². The molecule has 0 atom stereocenters. The van der Waals surface area contributed by atoms with Gasteiger partial charge in [-0.15, -0.1) is 0 Å². The summed E-state index contributed by atoms with van der Waals surface area (Å²) in [6.07, 6.45) is 3.07. The van der Waals surface area contributed by atoms with E-state index in [2.05, 4.69) is 46.7 Å². The number of amides is 1. The molecule has 3 aromatic carbocycles. The number of hydrogen-bond acceptors (Lipinski definition) is 6. The number of halogens is 1. The van der Waals surface area contributed by atoms with Crippen molar-refractivity contribution in [2.75, 3.05) is 25.5 Å². The van der Waals surface area contributed by atoms with Crippen LogP contribution in [0.3, 0.4) is 0 Å². The van der Waals surface area contributed by atoms with Gasteiger partial charge in [-0.05, 0) is 80.6 Å². The van der Waals surface area contributed by atoms with Gasteiger partial charge in [0.2, 0.25) is 5.95 Å². The third-order valence-electron chi connectivity index (χ3n) is 7.66. The molecule has 1 aliphatic rings. The van der Waals surface area contributed by atoms with E-state index in [0.717, 1.165) is 35.4 Å². The van der Waals surface area contributed by atoms with Crippen LogP contribution in [0.15, 0.2) is 85.1 Å². The first-order valence-electron chi connectivity index (χ1n) is 14.2. The first-order chi connectivity index (χ1) is 20.1. The van der Waals surface area contributed by atoms with E-state index < -0.39 is 5.60 Å². The number of anilines is 1. The normalized spacial score (nSPS) is 14.7. The smallest absolute Gasteiger partial charge is 0.410 e. The topological polar surface area (TPSA) is 76.6 Å². The fourth-order valence-corrected chi connectivity index (χ4v) is 5.53. The molecule has 0 spiro atoms. The van der Waals surface area contributed by atoms with Gasteiger partial charge in [-0.3, -0.25) is 0 Å². The third-order valence-corrected chi connectivity index (χ3v) is 7.92. The van der Waals surface area contributed by atoms with Crippen LogP contribution in [0.25, 0.3) is 11.3 Å². The number of piperidine rings is 1. The molecule has 1 amide bonds. The number of hydrogen-bond donors (Lipinski definition) is 1. The summed E-state index contributed by atoms with van der Waals surface area (Å²) >= 11 is 6.25. The van der Waals surface area contributed by atoms with Gasteiger partial charge in [0.1, 0.15) is 11.4 Å². The van der Waals surface area contributed by atoms with Crippen molar-refractivity contribution in [3.63, 3.8) is 0 Å². The lowest BCUT2D eigenvalue weighted by Gasteiger charge is -2.43. The van der Waals surface area contributed by atoms with Crippen LogP contribution in [-0.2, 0) is 16.7 Å². The maximum atomic E-state index is 12.8. The average molecular weight is 585 g/mol. The number of ether oxygens (including phenoxy) is 2. The lowest BCUT2D eigenvalue weighted by molar-refractivity contribution is 0.0180. The Morgan fingerprint density at radius 3 is 2.14 bits per heavy atom.